The van der Waals surface area contributed by atoms with Gasteiger partial charge in [0.25, 0.3) is 5.91 Å². The van der Waals surface area contributed by atoms with Crippen LogP contribution in [0.5, 0.6) is 0 Å². The second-order valence-corrected chi connectivity index (χ2v) is 8.18. The molecule has 5 rings (SSSR count). The molecule has 0 unspecified atom stereocenters. The van der Waals surface area contributed by atoms with Gasteiger partial charge in [-0.1, -0.05) is 6.58 Å². The number of allylic oxidation sites excluding steroid dienone is 1. The fourth-order valence-electron chi connectivity index (χ4n) is 3.87. The molecule has 9 nitrogen and oxygen atoms in total. The van der Waals surface area contributed by atoms with Gasteiger partial charge in [-0.15, -0.1) is 0 Å². The highest BCUT2D eigenvalue weighted by Crippen LogP contribution is 2.28. The molecule has 3 heterocycles. The number of carbonyl (C=O) groups is 1. The predicted octanol–water partition coefficient (Wildman–Crippen LogP) is 1.83. The summed E-state index contributed by atoms with van der Waals surface area (Å²) in [6.45, 7) is 3.83. The van der Waals surface area contributed by atoms with E-state index >= 15 is 0 Å². The summed E-state index contributed by atoms with van der Waals surface area (Å²) in [7, 11) is 0. The molecule has 2 aromatic heterocycles. The summed E-state index contributed by atoms with van der Waals surface area (Å²) in [5.41, 5.74) is 2.77. The summed E-state index contributed by atoms with van der Waals surface area (Å²) in [6, 6.07) is 0.656. The maximum Gasteiger partial charge on any atom is 0.251 e. The number of nitrogens with one attached hydrogen (secondary N) is 3. The van der Waals surface area contributed by atoms with Crippen LogP contribution in [0.4, 0.5) is 11.9 Å². The summed E-state index contributed by atoms with van der Waals surface area (Å²) >= 11 is 0. The van der Waals surface area contributed by atoms with Gasteiger partial charge >= 0.3 is 0 Å². The Kier molecular flexibility index (Phi) is 4.46. The Bertz CT molecular complexity index is 1000. The van der Waals surface area contributed by atoms with Crippen molar-refractivity contribution in [3.05, 3.63) is 29.6 Å². The Morgan fingerprint density at radius 1 is 1.14 bits per heavy atom. The minimum absolute atomic E-state index is 0.126. The van der Waals surface area contributed by atoms with Crippen molar-refractivity contribution in [2.24, 2.45) is 0 Å². The molecule has 29 heavy (non-hydrogen) atoms. The lowest BCUT2D eigenvalue weighted by molar-refractivity contribution is -0.115. The first-order valence-electron chi connectivity index (χ1n) is 10.2. The monoisotopic (exact) mass is 395 g/mol. The molecule has 152 valence electrons. The third-order valence-electron chi connectivity index (χ3n) is 5.65. The molecule has 1 aliphatic heterocycles. The molecule has 1 amide bonds. The van der Waals surface area contributed by atoms with E-state index in [-0.39, 0.29) is 18.1 Å². The fraction of sp³-hybridized carbons (Fsp3) is 0.500. The van der Waals surface area contributed by atoms with Crippen molar-refractivity contribution in [1.82, 2.24) is 24.9 Å². The Morgan fingerprint density at radius 2 is 1.86 bits per heavy atom. The Morgan fingerprint density at radius 3 is 2.55 bits per heavy atom. The number of rotatable bonds is 5. The molecular formula is C20H25N7O2. The lowest BCUT2D eigenvalue weighted by Crippen LogP contribution is -2.29. The van der Waals surface area contributed by atoms with Gasteiger partial charge in [-0.3, -0.25) is 4.79 Å². The first-order chi connectivity index (χ1) is 14.0. The molecule has 3 fully saturated rings. The zero-order valence-electron chi connectivity index (χ0n) is 16.2. The van der Waals surface area contributed by atoms with Crippen LogP contribution in [0.1, 0.15) is 50.5 Å². The van der Waals surface area contributed by atoms with Crippen LogP contribution < -0.4 is 16.0 Å². The van der Waals surface area contributed by atoms with Gasteiger partial charge < -0.3 is 21.1 Å². The molecule has 9 heteroatoms. The van der Waals surface area contributed by atoms with Gasteiger partial charge in [-0.25, -0.2) is 0 Å². The second-order valence-electron chi connectivity index (χ2n) is 8.18. The molecule has 2 aromatic rings. The Labute approximate surface area is 168 Å². The standard InChI is InChI=1S/C20H25N7O2/c1-11-8-12(18(29)22-11)9-13-10-21-27-17(13)25-19(26-20(27)24-15-2-3-15)23-14-4-6-16(28)7-5-14/h9-10,14-16,28H,1-8H2,(H,22,29)(H2,23,24,25,26)/b12-9+. The van der Waals surface area contributed by atoms with Crippen molar-refractivity contribution in [3.63, 3.8) is 0 Å². The number of aliphatic hydroxyl groups is 1. The van der Waals surface area contributed by atoms with E-state index in [1.54, 1.807) is 10.7 Å². The van der Waals surface area contributed by atoms with Crippen LogP contribution in [0.15, 0.2) is 24.0 Å². The molecule has 0 bridgehead atoms. The number of anilines is 2. The van der Waals surface area contributed by atoms with Crippen molar-refractivity contribution >= 4 is 29.5 Å². The molecule has 4 N–H and O–H groups in total. The van der Waals surface area contributed by atoms with Crippen LogP contribution in [0.25, 0.3) is 11.7 Å². The van der Waals surface area contributed by atoms with Crippen LogP contribution in [0.2, 0.25) is 0 Å². The van der Waals surface area contributed by atoms with Crippen molar-refractivity contribution in [3.8, 4) is 0 Å². The van der Waals surface area contributed by atoms with Crippen LogP contribution in [0, 0.1) is 0 Å². The molecule has 0 spiro atoms. The van der Waals surface area contributed by atoms with E-state index in [1.807, 2.05) is 6.08 Å². The number of carbonyl (C=O) groups excluding carboxylic acids is 1. The second kappa shape index (κ2) is 7.14. The van der Waals surface area contributed by atoms with E-state index < -0.39 is 0 Å². The number of hydrogen-bond acceptors (Lipinski definition) is 7. The summed E-state index contributed by atoms with van der Waals surface area (Å²) in [5.74, 6) is 1.07. The fourth-order valence-corrected chi connectivity index (χ4v) is 3.87. The number of aromatic nitrogens is 4. The van der Waals surface area contributed by atoms with E-state index in [1.165, 1.54) is 0 Å². The maximum atomic E-state index is 12.1. The summed E-state index contributed by atoms with van der Waals surface area (Å²) in [6.07, 6.45) is 9.43. The van der Waals surface area contributed by atoms with Gasteiger partial charge in [0.05, 0.1) is 12.3 Å². The number of hydrogen-bond donors (Lipinski definition) is 4. The van der Waals surface area contributed by atoms with Gasteiger partial charge in [0, 0.05) is 35.3 Å². The molecule has 2 aliphatic carbocycles. The largest absolute Gasteiger partial charge is 0.393 e. The van der Waals surface area contributed by atoms with Crippen LogP contribution in [0.3, 0.4) is 0 Å². The number of amides is 1. The topological polar surface area (TPSA) is 116 Å². The quantitative estimate of drug-likeness (QED) is 0.571. The van der Waals surface area contributed by atoms with Crippen molar-refractivity contribution in [2.45, 2.75) is 63.1 Å². The molecule has 0 aromatic carbocycles. The van der Waals surface area contributed by atoms with Crippen molar-refractivity contribution < 1.29 is 9.90 Å². The molecule has 1 saturated heterocycles. The third-order valence-corrected chi connectivity index (χ3v) is 5.65. The zero-order chi connectivity index (χ0) is 20.0. The highest BCUT2D eigenvalue weighted by Gasteiger charge is 2.26. The van der Waals surface area contributed by atoms with Gasteiger partial charge in [0.2, 0.25) is 11.9 Å². The van der Waals surface area contributed by atoms with Gasteiger partial charge in [0.15, 0.2) is 5.65 Å². The van der Waals surface area contributed by atoms with E-state index in [0.29, 0.717) is 41.3 Å². The smallest absolute Gasteiger partial charge is 0.251 e. The van der Waals surface area contributed by atoms with Crippen molar-refractivity contribution in [1.29, 1.82) is 0 Å². The molecule has 0 atom stereocenters. The normalized spacial score (nSPS) is 26.2. The number of aliphatic hydroxyl groups excluding tert-OH is 1. The van der Waals surface area contributed by atoms with Crippen LogP contribution in [-0.2, 0) is 4.79 Å². The zero-order valence-corrected chi connectivity index (χ0v) is 16.2. The molecule has 2 saturated carbocycles. The van der Waals surface area contributed by atoms with E-state index in [4.69, 9.17) is 4.98 Å². The average Bonchev–Trinajstić information content (AvgIpc) is 3.33. The summed E-state index contributed by atoms with van der Waals surface area (Å²) in [5, 5.41) is 23.8. The lowest BCUT2D eigenvalue weighted by atomic mass is 9.93. The van der Waals surface area contributed by atoms with E-state index in [0.717, 1.165) is 44.1 Å². The van der Waals surface area contributed by atoms with Gasteiger partial charge in [-0.2, -0.15) is 19.6 Å². The molecule has 0 radical (unpaired) electrons. The Balaban J connectivity index is 1.49. The maximum absolute atomic E-state index is 12.1. The third kappa shape index (κ3) is 3.82. The van der Waals surface area contributed by atoms with E-state index in [9.17, 15) is 9.90 Å². The molecule has 3 aliphatic rings. The van der Waals surface area contributed by atoms with Crippen LogP contribution >= 0.6 is 0 Å². The number of nitrogens with zero attached hydrogens (tertiary/aromatic N) is 4. The average molecular weight is 395 g/mol. The first-order valence-corrected chi connectivity index (χ1v) is 10.2. The molecular weight excluding hydrogens is 370 g/mol. The van der Waals surface area contributed by atoms with Gasteiger partial charge in [0.1, 0.15) is 0 Å². The first kappa shape index (κ1) is 18.1. The lowest BCUT2D eigenvalue weighted by Gasteiger charge is -2.26. The highest BCUT2D eigenvalue weighted by molar-refractivity contribution is 6.02. The minimum atomic E-state index is -0.205. The van der Waals surface area contributed by atoms with Crippen molar-refractivity contribution in [2.75, 3.05) is 10.6 Å². The summed E-state index contributed by atoms with van der Waals surface area (Å²) < 4.78 is 1.70. The Hall–Kier alpha value is -2.94. The SMILES string of the molecule is C=C1C/C(=C\c2cnn3c(NC4CC4)nc(NC4CCC(O)CC4)nc23)C(=O)N1. The predicted molar refractivity (Wildman–Crippen MR) is 109 cm³/mol. The van der Waals surface area contributed by atoms with E-state index in [2.05, 4.69) is 32.6 Å². The van der Waals surface area contributed by atoms with Crippen LogP contribution in [-0.4, -0.2) is 48.8 Å². The van der Waals surface area contributed by atoms with Gasteiger partial charge in [-0.05, 0) is 44.6 Å². The minimum Gasteiger partial charge on any atom is -0.393 e. The number of fused-ring (bicyclic) bond motifs is 1. The summed E-state index contributed by atoms with van der Waals surface area (Å²) in [4.78, 5) is 21.4. The highest BCUT2D eigenvalue weighted by atomic mass is 16.3.